The summed E-state index contributed by atoms with van der Waals surface area (Å²) in [7, 11) is 0. The minimum atomic E-state index is -0.658. The van der Waals surface area contributed by atoms with Crippen molar-refractivity contribution in [2.24, 2.45) is 0 Å². The van der Waals surface area contributed by atoms with Crippen molar-refractivity contribution in [2.75, 3.05) is 6.61 Å². The summed E-state index contributed by atoms with van der Waals surface area (Å²) in [5, 5.41) is 23.5. The van der Waals surface area contributed by atoms with Gasteiger partial charge in [0.1, 0.15) is 0 Å². The van der Waals surface area contributed by atoms with E-state index in [4.69, 9.17) is 0 Å². The SMILES string of the molecule is CCCCCCCCCC/C=C\CCCCCCCCCCCCCCCCCCCCCCCCCCCC(=O)NC(CO)C(O)CCCCCCCCCCCCCCCCCCCCCCCCCCCCC. The molecule has 0 spiro atoms. The van der Waals surface area contributed by atoms with Gasteiger partial charge in [0.05, 0.1) is 18.8 Å². The molecule has 0 aliphatic rings. The number of carbonyl (C=O) groups excluding carboxylic acids is 1. The minimum absolute atomic E-state index is 0.0200. The predicted octanol–water partition coefficient (Wildman–Crippen LogP) is 24.4. The van der Waals surface area contributed by atoms with Crippen LogP contribution < -0.4 is 5.32 Å². The summed E-state index contributed by atoms with van der Waals surface area (Å²) in [5.74, 6) is -0.0200. The van der Waals surface area contributed by atoms with E-state index in [2.05, 4.69) is 31.3 Å². The van der Waals surface area contributed by atoms with Crippen LogP contribution in [0.25, 0.3) is 0 Å². The van der Waals surface area contributed by atoms with Crippen molar-refractivity contribution in [2.45, 2.75) is 437 Å². The van der Waals surface area contributed by atoms with Crippen molar-refractivity contribution in [1.29, 1.82) is 0 Å². The molecule has 0 bridgehead atoms. The maximum atomic E-state index is 12.6. The van der Waals surface area contributed by atoms with Crippen LogP contribution in [-0.4, -0.2) is 34.9 Å². The van der Waals surface area contributed by atoms with E-state index in [1.807, 2.05) is 0 Å². The largest absolute Gasteiger partial charge is 0.394 e. The highest BCUT2D eigenvalue weighted by Crippen LogP contribution is 2.20. The average Bonchev–Trinajstić information content (AvgIpc) is 3.42. The van der Waals surface area contributed by atoms with Gasteiger partial charge in [-0.3, -0.25) is 4.79 Å². The van der Waals surface area contributed by atoms with Gasteiger partial charge in [0.2, 0.25) is 5.91 Å². The smallest absolute Gasteiger partial charge is 0.220 e. The van der Waals surface area contributed by atoms with E-state index in [-0.39, 0.29) is 12.5 Å². The molecule has 0 rings (SSSR count). The number of amides is 1. The lowest BCUT2D eigenvalue weighted by molar-refractivity contribution is -0.123. The molecule has 4 heteroatoms. The van der Waals surface area contributed by atoms with Crippen molar-refractivity contribution in [3.8, 4) is 0 Å². The number of nitrogens with one attached hydrogen (secondary N) is 1. The van der Waals surface area contributed by atoms with Crippen LogP contribution >= 0.6 is 0 Å². The standard InChI is InChI=1S/C72H143NO3/c1-3-5-7-9-11-13-15-17-19-21-23-25-27-29-31-32-33-34-35-36-37-38-39-40-42-44-46-48-50-52-54-56-58-60-62-64-66-68-72(76)73-70(69-74)71(75)67-65-63-61-59-57-55-53-51-49-47-45-43-41-30-28-26-24-22-20-18-16-14-12-10-8-6-4-2/h21,23,70-71,74-75H,3-20,22,24-69H2,1-2H3,(H,73,76)/b23-21-. The zero-order valence-corrected chi connectivity index (χ0v) is 52.6. The van der Waals surface area contributed by atoms with Gasteiger partial charge in [-0.2, -0.15) is 0 Å². The topological polar surface area (TPSA) is 69.6 Å². The fourth-order valence-electron chi connectivity index (χ4n) is 11.8. The van der Waals surface area contributed by atoms with Gasteiger partial charge in [0.25, 0.3) is 0 Å². The molecule has 0 aromatic heterocycles. The van der Waals surface area contributed by atoms with Gasteiger partial charge in [-0.05, 0) is 38.5 Å². The third-order valence-corrected chi connectivity index (χ3v) is 17.3. The number of aliphatic hydroxyl groups is 2. The van der Waals surface area contributed by atoms with E-state index >= 15 is 0 Å². The molecule has 0 aliphatic heterocycles. The summed E-state index contributed by atoms with van der Waals surface area (Å²) in [4.78, 5) is 12.6. The first-order chi connectivity index (χ1) is 37.7. The third kappa shape index (κ3) is 64.0. The number of hydrogen-bond acceptors (Lipinski definition) is 3. The molecule has 2 atom stereocenters. The Morgan fingerprint density at radius 3 is 0.724 bits per heavy atom. The number of carbonyl (C=O) groups is 1. The van der Waals surface area contributed by atoms with Crippen LogP contribution in [-0.2, 0) is 4.79 Å². The molecule has 0 heterocycles. The molecule has 3 N–H and O–H groups in total. The van der Waals surface area contributed by atoms with Gasteiger partial charge in [0.15, 0.2) is 0 Å². The fraction of sp³-hybridized carbons (Fsp3) is 0.958. The molecule has 2 unspecified atom stereocenters. The highest BCUT2D eigenvalue weighted by Gasteiger charge is 2.20. The second-order valence-electron chi connectivity index (χ2n) is 25.0. The molecule has 0 aromatic carbocycles. The summed E-state index contributed by atoms with van der Waals surface area (Å²) in [6, 6.07) is -0.534. The van der Waals surface area contributed by atoms with Crippen LogP contribution in [0.2, 0.25) is 0 Å². The Bertz CT molecular complexity index is 1080. The average molecular weight is 1070 g/mol. The Kier molecular flexibility index (Phi) is 67.6. The summed E-state index contributed by atoms with van der Waals surface area (Å²) in [6.07, 6.45) is 91.4. The van der Waals surface area contributed by atoms with E-state index in [9.17, 15) is 15.0 Å². The van der Waals surface area contributed by atoms with Crippen LogP contribution in [0.3, 0.4) is 0 Å². The zero-order chi connectivity index (χ0) is 54.8. The van der Waals surface area contributed by atoms with E-state index < -0.39 is 12.1 Å². The molecular formula is C72H143NO3. The van der Waals surface area contributed by atoms with E-state index in [0.29, 0.717) is 12.8 Å². The maximum absolute atomic E-state index is 12.6. The fourth-order valence-corrected chi connectivity index (χ4v) is 11.8. The molecule has 0 radical (unpaired) electrons. The van der Waals surface area contributed by atoms with Gasteiger partial charge in [-0.15, -0.1) is 0 Å². The van der Waals surface area contributed by atoms with E-state index in [1.54, 1.807) is 0 Å². The number of rotatable bonds is 68. The lowest BCUT2D eigenvalue weighted by Gasteiger charge is -2.22. The van der Waals surface area contributed by atoms with Crippen molar-refractivity contribution >= 4 is 5.91 Å². The minimum Gasteiger partial charge on any atom is -0.394 e. The quantitative estimate of drug-likeness (QED) is 0.0420. The van der Waals surface area contributed by atoms with Crippen LogP contribution in [0.1, 0.15) is 425 Å². The molecule has 0 fully saturated rings. The van der Waals surface area contributed by atoms with E-state index in [1.165, 1.54) is 372 Å². The third-order valence-electron chi connectivity index (χ3n) is 17.3. The summed E-state index contributed by atoms with van der Waals surface area (Å²) < 4.78 is 0. The number of hydrogen-bond donors (Lipinski definition) is 3. The molecule has 454 valence electrons. The molecule has 1 amide bonds. The second-order valence-corrected chi connectivity index (χ2v) is 25.0. The summed E-state index contributed by atoms with van der Waals surface area (Å²) >= 11 is 0. The molecular weight excluding hydrogens is 927 g/mol. The van der Waals surface area contributed by atoms with Crippen LogP contribution in [0.4, 0.5) is 0 Å². The maximum Gasteiger partial charge on any atom is 0.220 e. The highest BCUT2D eigenvalue weighted by molar-refractivity contribution is 5.76. The number of aliphatic hydroxyl groups excluding tert-OH is 2. The Labute approximate surface area is 479 Å². The molecule has 0 aromatic rings. The predicted molar refractivity (Wildman–Crippen MR) is 341 cm³/mol. The Morgan fingerprint density at radius 1 is 0.303 bits per heavy atom. The van der Waals surface area contributed by atoms with Gasteiger partial charge in [-0.25, -0.2) is 0 Å². The van der Waals surface area contributed by atoms with Crippen LogP contribution in [0.15, 0.2) is 12.2 Å². The van der Waals surface area contributed by atoms with E-state index in [0.717, 1.165) is 25.7 Å². The van der Waals surface area contributed by atoms with Crippen molar-refractivity contribution < 1.29 is 15.0 Å². The lowest BCUT2D eigenvalue weighted by atomic mass is 10.0. The number of unbranched alkanes of at least 4 members (excludes halogenated alkanes) is 59. The first-order valence-corrected chi connectivity index (χ1v) is 35.9. The second kappa shape index (κ2) is 68.4. The van der Waals surface area contributed by atoms with Gasteiger partial charge < -0.3 is 15.5 Å². The monoisotopic (exact) mass is 1070 g/mol. The molecule has 76 heavy (non-hydrogen) atoms. The highest BCUT2D eigenvalue weighted by atomic mass is 16.3. The van der Waals surface area contributed by atoms with Crippen molar-refractivity contribution in [3.05, 3.63) is 12.2 Å². The van der Waals surface area contributed by atoms with Crippen LogP contribution in [0.5, 0.6) is 0 Å². The Morgan fingerprint density at radius 2 is 0.500 bits per heavy atom. The normalized spacial score (nSPS) is 12.6. The van der Waals surface area contributed by atoms with Crippen LogP contribution in [0, 0.1) is 0 Å². The molecule has 0 saturated carbocycles. The van der Waals surface area contributed by atoms with Crippen molar-refractivity contribution in [3.63, 3.8) is 0 Å². The summed E-state index contributed by atoms with van der Waals surface area (Å²) in [6.45, 7) is 4.41. The molecule has 0 aliphatic carbocycles. The first kappa shape index (κ1) is 75.1. The molecule has 4 nitrogen and oxygen atoms in total. The molecule has 0 saturated heterocycles. The zero-order valence-electron chi connectivity index (χ0n) is 52.6. The van der Waals surface area contributed by atoms with Gasteiger partial charge in [-0.1, -0.05) is 392 Å². The Balaban J connectivity index is 3.35. The number of allylic oxidation sites excluding steroid dienone is 2. The Hall–Kier alpha value is -0.870. The van der Waals surface area contributed by atoms with Crippen molar-refractivity contribution in [1.82, 2.24) is 5.32 Å². The first-order valence-electron chi connectivity index (χ1n) is 35.9. The van der Waals surface area contributed by atoms with Gasteiger partial charge in [0, 0.05) is 6.42 Å². The lowest BCUT2D eigenvalue weighted by Crippen LogP contribution is -2.45. The summed E-state index contributed by atoms with van der Waals surface area (Å²) in [5.41, 5.74) is 0. The van der Waals surface area contributed by atoms with Gasteiger partial charge >= 0.3 is 0 Å².